The molecule has 16 heavy (non-hydrogen) atoms. The van der Waals surface area contributed by atoms with Crippen molar-refractivity contribution in [3.8, 4) is 0 Å². The van der Waals surface area contributed by atoms with Crippen LogP contribution in [-0.4, -0.2) is 0 Å². The van der Waals surface area contributed by atoms with Gasteiger partial charge in [0.05, 0.1) is 0 Å². The molecule has 0 aliphatic heterocycles. The van der Waals surface area contributed by atoms with Crippen LogP contribution >= 0.6 is 0 Å². The molecular formula is C16H8. The molecule has 72 valence electrons. The summed E-state index contributed by atoms with van der Waals surface area (Å²) in [5.74, 6) is 0. The van der Waals surface area contributed by atoms with Crippen LogP contribution in [-0.2, 0) is 0 Å². The molecule has 4 rings (SSSR count). The van der Waals surface area contributed by atoms with Crippen molar-refractivity contribution >= 4 is 32.3 Å². The van der Waals surface area contributed by atoms with Gasteiger partial charge in [-0.15, -0.1) is 0 Å². The van der Waals surface area contributed by atoms with Gasteiger partial charge in [0.25, 0.3) is 0 Å². The molecule has 0 spiro atoms. The van der Waals surface area contributed by atoms with Crippen LogP contribution in [0.2, 0.25) is 0 Å². The monoisotopic (exact) mass is 200 g/mol. The molecule has 0 nitrogen and oxygen atoms in total. The summed E-state index contributed by atoms with van der Waals surface area (Å²) in [6.07, 6.45) is 0. The number of hydrogen-bond donors (Lipinski definition) is 0. The molecule has 0 radical (unpaired) electrons. The molecule has 0 amide bonds. The van der Waals surface area contributed by atoms with Crippen molar-refractivity contribution < 1.29 is 0 Å². The predicted octanol–water partition coefficient (Wildman–Crippen LogP) is 4.18. The van der Waals surface area contributed by atoms with Crippen LogP contribution in [0.1, 0.15) is 0 Å². The number of hydrogen-bond acceptors (Lipinski definition) is 0. The average Bonchev–Trinajstić information content (AvgIpc) is 2.36. The molecule has 0 saturated carbocycles. The zero-order chi connectivity index (χ0) is 10.5. The fraction of sp³-hybridized carbons (Fsp3) is 0. The summed E-state index contributed by atoms with van der Waals surface area (Å²) in [5, 5.41) is 7.50. The third-order valence-corrected chi connectivity index (χ3v) is 3.22. The van der Waals surface area contributed by atoms with Gasteiger partial charge in [-0.2, -0.15) is 0 Å². The first-order chi connectivity index (χ1) is 7.93. The van der Waals surface area contributed by atoms with Crippen molar-refractivity contribution in [1.82, 2.24) is 0 Å². The van der Waals surface area contributed by atoms with E-state index in [9.17, 15) is 0 Å². The second kappa shape index (κ2) is 2.65. The van der Waals surface area contributed by atoms with E-state index in [4.69, 9.17) is 0 Å². The van der Waals surface area contributed by atoms with Gasteiger partial charge in [-0.25, -0.2) is 0 Å². The summed E-state index contributed by atoms with van der Waals surface area (Å²) in [4.78, 5) is 0. The second-order valence-corrected chi connectivity index (χ2v) is 4.12. The molecule has 0 aromatic heterocycles. The highest BCUT2D eigenvalue weighted by atomic mass is 14.1. The molecule has 4 aromatic carbocycles. The van der Waals surface area contributed by atoms with E-state index in [0.717, 1.165) is 10.8 Å². The van der Waals surface area contributed by atoms with Crippen LogP contribution in [0.3, 0.4) is 0 Å². The Bertz CT molecular complexity index is 667. The smallest absolute Gasteiger partial charge is 0.0334 e. The van der Waals surface area contributed by atoms with Gasteiger partial charge in [0, 0.05) is 21.5 Å². The highest BCUT2D eigenvalue weighted by molar-refractivity contribution is 6.21. The van der Waals surface area contributed by atoms with Gasteiger partial charge in [0.15, 0.2) is 0 Å². The van der Waals surface area contributed by atoms with Crippen molar-refractivity contribution in [1.29, 1.82) is 0 Å². The highest BCUT2D eigenvalue weighted by Crippen LogP contribution is 2.32. The van der Waals surface area contributed by atoms with Crippen molar-refractivity contribution in [3.05, 3.63) is 60.7 Å². The lowest BCUT2D eigenvalue weighted by Gasteiger charge is -2.06. The summed E-state index contributed by atoms with van der Waals surface area (Å²) >= 11 is 0. The van der Waals surface area contributed by atoms with Crippen LogP contribution in [0.5, 0.6) is 0 Å². The van der Waals surface area contributed by atoms with Crippen LogP contribution in [0, 0.1) is 12.1 Å². The second-order valence-electron chi connectivity index (χ2n) is 4.12. The maximum atomic E-state index is 3.24. The minimum absolute atomic E-state index is 1.15. The van der Waals surface area contributed by atoms with Crippen LogP contribution in [0.15, 0.2) is 48.5 Å². The average molecular weight is 200 g/mol. The van der Waals surface area contributed by atoms with Crippen molar-refractivity contribution in [3.63, 3.8) is 0 Å². The third kappa shape index (κ3) is 0.857. The number of rotatable bonds is 0. The normalized spacial score (nSPS) is 11.2. The van der Waals surface area contributed by atoms with E-state index >= 15 is 0 Å². The Kier molecular flexibility index (Phi) is 1.32. The van der Waals surface area contributed by atoms with Gasteiger partial charge in [-0.1, -0.05) is 48.5 Å². The van der Waals surface area contributed by atoms with Gasteiger partial charge in [-0.3, -0.25) is 0 Å². The Morgan fingerprint density at radius 1 is 0.562 bits per heavy atom. The summed E-state index contributed by atoms with van der Waals surface area (Å²) in [6, 6.07) is 23.5. The molecule has 0 aliphatic carbocycles. The van der Waals surface area contributed by atoms with Crippen molar-refractivity contribution in [2.24, 2.45) is 0 Å². The Balaban J connectivity index is 2.51. The van der Waals surface area contributed by atoms with Crippen LogP contribution in [0.4, 0.5) is 0 Å². The summed E-state index contributed by atoms with van der Waals surface area (Å²) < 4.78 is 0. The van der Waals surface area contributed by atoms with Crippen LogP contribution < -0.4 is 0 Å². The third-order valence-electron chi connectivity index (χ3n) is 3.22. The molecule has 4 aromatic rings. The Morgan fingerprint density at radius 2 is 1.06 bits per heavy atom. The lowest BCUT2D eigenvalue weighted by molar-refractivity contribution is 1.79. The van der Waals surface area contributed by atoms with E-state index in [2.05, 4.69) is 60.7 Å². The van der Waals surface area contributed by atoms with E-state index in [1.54, 1.807) is 0 Å². The van der Waals surface area contributed by atoms with Gasteiger partial charge in [-0.05, 0) is 22.9 Å². The maximum absolute atomic E-state index is 3.24. The molecular weight excluding hydrogens is 192 g/mol. The Morgan fingerprint density at radius 3 is 1.56 bits per heavy atom. The molecule has 0 atom stereocenters. The van der Waals surface area contributed by atoms with E-state index in [-0.39, 0.29) is 0 Å². The molecule has 0 N–H and O–H groups in total. The van der Waals surface area contributed by atoms with E-state index < -0.39 is 0 Å². The molecule has 0 saturated heterocycles. The van der Waals surface area contributed by atoms with Gasteiger partial charge in [0.2, 0.25) is 0 Å². The van der Waals surface area contributed by atoms with Crippen molar-refractivity contribution in [2.45, 2.75) is 0 Å². The lowest BCUT2D eigenvalue weighted by Crippen LogP contribution is -1.80. The first kappa shape index (κ1) is 7.96. The first-order valence-corrected chi connectivity index (χ1v) is 5.40. The summed E-state index contributed by atoms with van der Waals surface area (Å²) in [5.41, 5.74) is 0. The van der Waals surface area contributed by atoms with Crippen LogP contribution in [0.25, 0.3) is 32.3 Å². The van der Waals surface area contributed by atoms with Gasteiger partial charge < -0.3 is 0 Å². The van der Waals surface area contributed by atoms with E-state index in [1.165, 1.54) is 21.5 Å². The van der Waals surface area contributed by atoms with Crippen molar-refractivity contribution in [2.75, 3.05) is 0 Å². The fourth-order valence-electron chi connectivity index (χ4n) is 2.50. The number of benzene rings is 3. The SMILES string of the molecule is c1c2cccc3ccc4cccc(c#1)c4c23. The zero-order valence-electron chi connectivity index (χ0n) is 8.62. The standard InChI is InChI=1S/C16H8/c1-3-11-7-9-13-5-2-6-14-10-8-12(4-1)15(11)16(13)14/h1-7,9H. The maximum Gasteiger partial charge on any atom is 0.0334 e. The first-order valence-electron chi connectivity index (χ1n) is 5.40. The lowest BCUT2D eigenvalue weighted by atomic mass is 9.96. The fourth-order valence-corrected chi connectivity index (χ4v) is 2.50. The summed E-state index contributed by atoms with van der Waals surface area (Å²) in [7, 11) is 0. The largest absolute Gasteiger partial charge is 0.0610 e. The van der Waals surface area contributed by atoms with E-state index in [1.807, 2.05) is 0 Å². The molecule has 0 heteroatoms. The zero-order valence-corrected chi connectivity index (χ0v) is 8.62. The Hall–Kier alpha value is -2.26. The predicted molar refractivity (Wildman–Crippen MR) is 67.8 cm³/mol. The molecule has 0 aliphatic rings. The topological polar surface area (TPSA) is 0 Å². The minimum atomic E-state index is 1.15. The molecule has 0 bridgehead atoms. The molecule has 0 unspecified atom stereocenters. The Labute approximate surface area is 93.5 Å². The summed E-state index contributed by atoms with van der Waals surface area (Å²) in [6.45, 7) is 0. The minimum Gasteiger partial charge on any atom is -0.0610 e. The highest BCUT2D eigenvalue weighted by Gasteiger charge is 2.05. The van der Waals surface area contributed by atoms with Gasteiger partial charge >= 0.3 is 0 Å². The van der Waals surface area contributed by atoms with Gasteiger partial charge in [0.1, 0.15) is 0 Å². The molecule has 0 heterocycles. The molecule has 0 fully saturated rings. The quantitative estimate of drug-likeness (QED) is 0.373. The van der Waals surface area contributed by atoms with E-state index in [0.29, 0.717) is 0 Å².